The van der Waals surface area contributed by atoms with Gasteiger partial charge in [0.25, 0.3) is 5.89 Å². The number of piperidine rings is 1. The Morgan fingerprint density at radius 3 is 2.72 bits per heavy atom. The summed E-state index contributed by atoms with van der Waals surface area (Å²) in [5.41, 5.74) is 2.01. The first-order valence-electron chi connectivity index (χ1n) is 11.1. The smallest absolute Gasteiger partial charge is 0.261 e. The molecule has 0 amide bonds. The zero-order chi connectivity index (χ0) is 22.4. The van der Waals surface area contributed by atoms with E-state index in [0.29, 0.717) is 39.6 Å². The van der Waals surface area contributed by atoms with E-state index >= 15 is 0 Å². The normalized spacial score (nSPS) is 23.9. The van der Waals surface area contributed by atoms with Gasteiger partial charge in [0.1, 0.15) is 11.3 Å². The number of aryl methyl sites for hydroxylation is 2. The quantitative estimate of drug-likeness (QED) is 0.559. The van der Waals surface area contributed by atoms with Crippen LogP contribution in [0.1, 0.15) is 37.6 Å². The summed E-state index contributed by atoms with van der Waals surface area (Å²) in [5, 5.41) is 8.47. The molecule has 0 saturated carbocycles. The summed E-state index contributed by atoms with van der Waals surface area (Å²) >= 11 is 3.40. The van der Waals surface area contributed by atoms with E-state index in [1.807, 2.05) is 13.0 Å². The maximum atomic E-state index is 14.9. The molecule has 7 nitrogen and oxygen atoms in total. The summed E-state index contributed by atoms with van der Waals surface area (Å²) in [4.78, 5) is 11.6. The van der Waals surface area contributed by atoms with Crippen molar-refractivity contribution in [1.82, 2.24) is 20.4 Å². The van der Waals surface area contributed by atoms with Crippen molar-refractivity contribution >= 4 is 32.7 Å². The summed E-state index contributed by atoms with van der Waals surface area (Å²) in [5.74, 6) is 1.33. The van der Waals surface area contributed by atoms with Gasteiger partial charge in [0, 0.05) is 41.1 Å². The van der Waals surface area contributed by atoms with E-state index in [1.54, 1.807) is 6.92 Å². The molecule has 9 heteroatoms. The molecule has 0 aliphatic carbocycles. The number of anilines is 1. The van der Waals surface area contributed by atoms with Crippen LogP contribution < -0.4 is 10.2 Å². The maximum Gasteiger partial charge on any atom is 0.261 e. The van der Waals surface area contributed by atoms with Crippen LogP contribution in [0.15, 0.2) is 21.1 Å². The van der Waals surface area contributed by atoms with Crippen LogP contribution in [-0.2, 0) is 4.74 Å². The summed E-state index contributed by atoms with van der Waals surface area (Å²) in [6, 6.07) is 4.42. The molecule has 2 fully saturated rings. The molecule has 0 radical (unpaired) electrons. The Labute approximate surface area is 194 Å². The first-order valence-corrected chi connectivity index (χ1v) is 11.9. The minimum absolute atomic E-state index is 0.217. The monoisotopic (exact) mass is 503 g/mol. The van der Waals surface area contributed by atoms with Crippen LogP contribution in [0.2, 0.25) is 0 Å². The molecule has 0 unspecified atom stereocenters. The van der Waals surface area contributed by atoms with E-state index in [-0.39, 0.29) is 11.9 Å². The Balaban J connectivity index is 1.55. The van der Waals surface area contributed by atoms with E-state index in [9.17, 15) is 4.39 Å². The third-order valence-corrected chi connectivity index (χ3v) is 7.00. The zero-order valence-electron chi connectivity index (χ0n) is 18.5. The first kappa shape index (κ1) is 21.7. The van der Waals surface area contributed by atoms with Crippen molar-refractivity contribution in [2.45, 2.75) is 58.2 Å². The highest BCUT2D eigenvalue weighted by atomic mass is 79.9. The van der Waals surface area contributed by atoms with Gasteiger partial charge < -0.3 is 19.5 Å². The van der Waals surface area contributed by atoms with Crippen LogP contribution in [0.5, 0.6) is 0 Å². The van der Waals surface area contributed by atoms with Gasteiger partial charge >= 0.3 is 0 Å². The fraction of sp³-hybridized carbons (Fsp3) is 0.522. The molecule has 1 aromatic carbocycles. The van der Waals surface area contributed by atoms with Crippen LogP contribution >= 0.6 is 15.9 Å². The fourth-order valence-corrected chi connectivity index (χ4v) is 5.36. The van der Waals surface area contributed by atoms with Gasteiger partial charge in [0.05, 0.1) is 12.2 Å². The SMILES string of the molecule is Cc1noc(-c2c(N3CC[C@H](N[C@H]4CCOC4)C[C@H]3C)nc3c(F)cc(Br)cc3c2C)n1. The average Bonchev–Trinajstić information content (AvgIpc) is 3.40. The van der Waals surface area contributed by atoms with E-state index in [4.69, 9.17) is 14.2 Å². The molecule has 2 aliphatic rings. The molecule has 2 saturated heterocycles. The van der Waals surface area contributed by atoms with E-state index < -0.39 is 0 Å². The second-order valence-electron chi connectivity index (χ2n) is 8.86. The largest absolute Gasteiger partial charge is 0.380 e. The lowest BCUT2D eigenvalue weighted by molar-refractivity contribution is 0.185. The first-order chi connectivity index (χ1) is 15.4. The van der Waals surface area contributed by atoms with Crippen molar-refractivity contribution in [3.63, 3.8) is 0 Å². The number of aromatic nitrogens is 3. The van der Waals surface area contributed by atoms with Crippen LogP contribution in [0.25, 0.3) is 22.4 Å². The van der Waals surface area contributed by atoms with Crippen LogP contribution in [0, 0.1) is 19.7 Å². The Bertz CT molecular complexity index is 1150. The Morgan fingerprint density at radius 1 is 1.19 bits per heavy atom. The number of benzene rings is 1. The highest BCUT2D eigenvalue weighted by Gasteiger charge is 2.32. The summed E-state index contributed by atoms with van der Waals surface area (Å²) in [7, 11) is 0. The van der Waals surface area contributed by atoms with Gasteiger partial charge in [-0.3, -0.25) is 0 Å². The molecule has 3 aromatic rings. The second-order valence-corrected chi connectivity index (χ2v) is 9.77. The van der Waals surface area contributed by atoms with E-state index in [2.05, 4.69) is 43.2 Å². The number of hydrogen-bond donors (Lipinski definition) is 1. The predicted octanol–water partition coefficient (Wildman–Crippen LogP) is 4.54. The van der Waals surface area contributed by atoms with Crippen LogP contribution in [-0.4, -0.2) is 53.0 Å². The van der Waals surface area contributed by atoms with Crippen LogP contribution in [0.4, 0.5) is 10.2 Å². The number of nitrogens with zero attached hydrogens (tertiary/aromatic N) is 4. The number of nitrogens with one attached hydrogen (secondary N) is 1. The lowest BCUT2D eigenvalue weighted by Crippen LogP contribution is -2.50. The average molecular weight is 504 g/mol. The van der Waals surface area contributed by atoms with Gasteiger partial charge in [0.15, 0.2) is 11.6 Å². The zero-order valence-corrected chi connectivity index (χ0v) is 20.1. The van der Waals surface area contributed by atoms with Gasteiger partial charge in [-0.1, -0.05) is 21.1 Å². The molecule has 4 heterocycles. The maximum absolute atomic E-state index is 14.9. The number of rotatable bonds is 4. The number of fused-ring (bicyclic) bond motifs is 1. The van der Waals surface area contributed by atoms with Crippen molar-refractivity contribution < 1.29 is 13.7 Å². The highest BCUT2D eigenvalue weighted by molar-refractivity contribution is 9.10. The standard InChI is InChI=1S/C23H27BrFN5O2/c1-12-8-16(27-17-5-7-31-11-17)4-6-30(12)22-20(23-26-14(3)29-32-23)13(2)18-9-15(24)10-19(25)21(18)28-22/h9-10,12,16-17,27H,4-8,11H2,1-3H3/t12-,16+,17+/m1/s1. The third kappa shape index (κ3) is 4.02. The van der Waals surface area contributed by atoms with Gasteiger partial charge in [-0.25, -0.2) is 9.37 Å². The van der Waals surface area contributed by atoms with E-state index in [1.165, 1.54) is 6.07 Å². The number of hydrogen-bond acceptors (Lipinski definition) is 7. The molecule has 1 N–H and O–H groups in total. The molecule has 0 bridgehead atoms. The van der Waals surface area contributed by atoms with Crippen molar-refractivity contribution in [1.29, 1.82) is 0 Å². The fourth-order valence-electron chi connectivity index (χ4n) is 4.93. The van der Waals surface area contributed by atoms with E-state index in [0.717, 1.165) is 55.5 Å². The van der Waals surface area contributed by atoms with Crippen molar-refractivity contribution in [3.8, 4) is 11.5 Å². The third-order valence-electron chi connectivity index (χ3n) is 6.54. The molecule has 170 valence electrons. The highest BCUT2D eigenvalue weighted by Crippen LogP contribution is 2.39. The molecule has 5 rings (SSSR count). The van der Waals surface area contributed by atoms with Gasteiger partial charge in [-0.2, -0.15) is 4.98 Å². The molecular formula is C23H27BrFN5O2. The van der Waals surface area contributed by atoms with Gasteiger partial charge in [-0.15, -0.1) is 0 Å². The minimum atomic E-state index is -0.350. The molecule has 0 spiro atoms. The number of halogens is 2. The molecule has 3 atom stereocenters. The number of ether oxygens (including phenoxy) is 1. The van der Waals surface area contributed by atoms with Gasteiger partial charge in [0.2, 0.25) is 0 Å². The lowest BCUT2D eigenvalue weighted by atomic mass is 9.95. The lowest BCUT2D eigenvalue weighted by Gasteiger charge is -2.40. The van der Waals surface area contributed by atoms with Gasteiger partial charge in [-0.05, 0) is 57.7 Å². The second kappa shape index (κ2) is 8.68. The summed E-state index contributed by atoms with van der Waals surface area (Å²) in [6.45, 7) is 8.38. The van der Waals surface area contributed by atoms with Crippen molar-refractivity contribution in [3.05, 3.63) is 33.8 Å². The summed E-state index contributed by atoms with van der Waals surface area (Å²) in [6.07, 6.45) is 3.01. The molecular weight excluding hydrogens is 477 g/mol. The molecule has 2 aromatic heterocycles. The Kier molecular flexibility index (Phi) is 5.90. The Hall–Kier alpha value is -2.10. The molecule has 2 aliphatic heterocycles. The minimum Gasteiger partial charge on any atom is -0.380 e. The topological polar surface area (TPSA) is 76.3 Å². The Morgan fingerprint density at radius 2 is 2.03 bits per heavy atom. The summed E-state index contributed by atoms with van der Waals surface area (Å²) < 4.78 is 26.7. The number of pyridine rings is 1. The van der Waals surface area contributed by atoms with Crippen molar-refractivity contribution in [2.24, 2.45) is 0 Å². The van der Waals surface area contributed by atoms with Crippen molar-refractivity contribution in [2.75, 3.05) is 24.7 Å². The van der Waals surface area contributed by atoms with Crippen LogP contribution in [0.3, 0.4) is 0 Å². The predicted molar refractivity (Wildman–Crippen MR) is 124 cm³/mol. The molecule has 32 heavy (non-hydrogen) atoms.